The average Bonchev–Trinajstić information content (AvgIpc) is 2.15. The molecule has 1 atom stereocenters. The second-order valence-corrected chi connectivity index (χ2v) is 5.89. The van der Waals surface area contributed by atoms with Gasteiger partial charge in [0.2, 0.25) is 0 Å². The second-order valence-electron chi connectivity index (χ2n) is 2.99. The Hall–Kier alpha value is -0.991. The Morgan fingerprint density at radius 2 is 1.93 bits per heavy atom. The van der Waals surface area contributed by atoms with Gasteiger partial charge in [-0.1, -0.05) is 0 Å². The van der Waals surface area contributed by atoms with Gasteiger partial charge in [-0.15, -0.1) is 0 Å². The molecule has 0 fully saturated rings. The van der Waals surface area contributed by atoms with Crippen LogP contribution in [0.15, 0.2) is 24.3 Å². The van der Waals surface area contributed by atoms with Crippen molar-refractivity contribution in [2.45, 2.75) is 18.7 Å². The average molecular weight is 259 g/mol. The molecule has 0 saturated heterocycles. The molecule has 14 heavy (non-hydrogen) atoms. The van der Waals surface area contributed by atoms with Crippen molar-refractivity contribution in [1.29, 1.82) is 0 Å². The Morgan fingerprint density at radius 3 is 2.36 bits per heavy atom. The van der Waals surface area contributed by atoms with E-state index < -0.39 is 19.8 Å². The maximum absolute atomic E-state index is 11.1. The maximum atomic E-state index is 11.1. The van der Waals surface area contributed by atoms with E-state index in [1.165, 1.54) is 0 Å². The Balaban J connectivity index is 2.64. The molecule has 0 aliphatic rings. The van der Waals surface area contributed by atoms with Crippen molar-refractivity contribution in [3.63, 3.8) is 0 Å². The van der Waals surface area contributed by atoms with E-state index in [0.29, 0.717) is 6.42 Å². The fraction of sp³-hybridized carbons (Fsp3) is 0.300. The van der Waals surface area contributed by atoms with Crippen LogP contribution in [0.5, 0.6) is 0 Å². The number of carbonyl (C=O) groups is 1. The number of aliphatic carboxylic acids is 1. The summed E-state index contributed by atoms with van der Waals surface area (Å²) in [5.41, 5.74) is 0.975. The fourth-order valence-corrected chi connectivity index (χ4v) is 2.19. The monoisotopic (exact) mass is 260 g/mol. The van der Waals surface area contributed by atoms with E-state index in [4.69, 9.17) is 5.11 Å². The van der Waals surface area contributed by atoms with Crippen LogP contribution in [0, 0.1) is 0 Å². The van der Waals surface area contributed by atoms with E-state index in [9.17, 15) is 8.63 Å². The number of carboxylic acids is 1. The van der Waals surface area contributed by atoms with E-state index >= 15 is 0 Å². The summed E-state index contributed by atoms with van der Waals surface area (Å²) in [6, 6.07) is 7.32. The van der Waals surface area contributed by atoms with Crippen molar-refractivity contribution in [3.8, 4) is 0 Å². The molecule has 0 heterocycles. The first-order valence-corrected chi connectivity index (χ1v) is 7.50. The van der Waals surface area contributed by atoms with Crippen LogP contribution in [0.3, 0.4) is 0 Å². The summed E-state index contributed by atoms with van der Waals surface area (Å²) in [7, 11) is 0. The van der Waals surface area contributed by atoms with E-state index in [-0.39, 0.29) is 6.42 Å². The SMILES string of the molecule is C[Se](=O)c1ccc(CCC(=O)O)cc1. The minimum absolute atomic E-state index is 0.141. The van der Waals surface area contributed by atoms with Crippen LogP contribution in [0.2, 0.25) is 5.82 Å². The summed E-state index contributed by atoms with van der Waals surface area (Å²) < 4.78 is 12.0. The summed E-state index contributed by atoms with van der Waals surface area (Å²) in [5, 5.41) is 8.47. The first-order valence-electron chi connectivity index (χ1n) is 4.24. The van der Waals surface area contributed by atoms with Gasteiger partial charge >= 0.3 is 86.5 Å². The van der Waals surface area contributed by atoms with E-state index in [0.717, 1.165) is 10.0 Å². The normalized spacial score (nSPS) is 12.4. The predicted octanol–water partition coefficient (Wildman–Crippen LogP) is 0.963. The summed E-state index contributed by atoms with van der Waals surface area (Å²) in [4.78, 5) is 10.3. The molecule has 0 aliphatic heterocycles. The van der Waals surface area contributed by atoms with Crippen LogP contribution in [-0.4, -0.2) is 24.9 Å². The van der Waals surface area contributed by atoms with Crippen LogP contribution >= 0.6 is 0 Å². The summed E-state index contributed by atoms with van der Waals surface area (Å²) in [6.07, 6.45) is 0.672. The molecule has 0 radical (unpaired) electrons. The number of aryl methyl sites for hydroxylation is 1. The molecule has 4 heteroatoms. The number of benzene rings is 1. The Bertz CT molecular complexity index is 343. The quantitative estimate of drug-likeness (QED) is 0.819. The van der Waals surface area contributed by atoms with Gasteiger partial charge in [-0.3, -0.25) is 0 Å². The second kappa shape index (κ2) is 5.03. The van der Waals surface area contributed by atoms with Crippen LogP contribution in [0.1, 0.15) is 12.0 Å². The van der Waals surface area contributed by atoms with E-state index in [1.54, 1.807) is 5.82 Å². The van der Waals surface area contributed by atoms with Crippen molar-refractivity contribution in [1.82, 2.24) is 0 Å². The van der Waals surface area contributed by atoms with Gasteiger partial charge < -0.3 is 0 Å². The molecule has 1 aromatic carbocycles. The molecular weight excluding hydrogens is 247 g/mol. The molecule has 0 aromatic heterocycles. The summed E-state index contributed by atoms with van der Waals surface area (Å²) >= 11 is -1.83. The van der Waals surface area contributed by atoms with Gasteiger partial charge in [0, 0.05) is 0 Å². The van der Waals surface area contributed by atoms with Crippen molar-refractivity contribution in [2.75, 3.05) is 0 Å². The first-order chi connectivity index (χ1) is 6.59. The van der Waals surface area contributed by atoms with Crippen molar-refractivity contribution in [2.24, 2.45) is 0 Å². The molecule has 0 saturated carbocycles. The minimum atomic E-state index is -1.83. The Labute approximate surface area is 86.8 Å². The van der Waals surface area contributed by atoms with Crippen LogP contribution in [0.4, 0.5) is 0 Å². The predicted molar refractivity (Wildman–Crippen MR) is 54.3 cm³/mol. The third-order valence-electron chi connectivity index (χ3n) is 1.88. The molecule has 76 valence electrons. The Kier molecular flexibility index (Phi) is 3.98. The number of hydrogen-bond donors (Lipinski definition) is 1. The summed E-state index contributed by atoms with van der Waals surface area (Å²) in [6.45, 7) is 0. The van der Waals surface area contributed by atoms with Crippen LogP contribution in [0.25, 0.3) is 0 Å². The summed E-state index contributed by atoms with van der Waals surface area (Å²) in [5.74, 6) is 0.923. The topological polar surface area (TPSA) is 54.4 Å². The molecule has 1 aromatic rings. The third-order valence-corrected chi connectivity index (χ3v) is 3.85. The molecule has 1 N–H and O–H groups in total. The van der Waals surface area contributed by atoms with Crippen molar-refractivity contribution < 1.29 is 13.7 Å². The number of rotatable bonds is 4. The van der Waals surface area contributed by atoms with Crippen LogP contribution in [-0.2, 0) is 15.1 Å². The molecule has 1 rings (SSSR count). The fourth-order valence-electron chi connectivity index (χ4n) is 1.10. The molecule has 0 spiro atoms. The van der Waals surface area contributed by atoms with Gasteiger partial charge in [0.25, 0.3) is 0 Å². The molecule has 0 bridgehead atoms. The van der Waals surface area contributed by atoms with Crippen molar-refractivity contribution in [3.05, 3.63) is 29.8 Å². The van der Waals surface area contributed by atoms with Crippen LogP contribution < -0.4 is 4.46 Å². The molecular formula is C10H12O3Se. The molecule has 0 amide bonds. The van der Waals surface area contributed by atoms with Gasteiger partial charge in [0.05, 0.1) is 0 Å². The van der Waals surface area contributed by atoms with Crippen molar-refractivity contribution >= 4 is 24.3 Å². The third kappa shape index (κ3) is 3.40. The van der Waals surface area contributed by atoms with Gasteiger partial charge in [-0.25, -0.2) is 0 Å². The first kappa shape index (κ1) is 11.1. The zero-order valence-corrected chi connectivity index (χ0v) is 9.61. The zero-order valence-electron chi connectivity index (χ0n) is 7.90. The zero-order chi connectivity index (χ0) is 10.6. The number of carboxylic acid groups (broad SMARTS) is 1. The van der Waals surface area contributed by atoms with E-state index in [2.05, 4.69) is 0 Å². The number of hydrogen-bond acceptors (Lipinski definition) is 2. The van der Waals surface area contributed by atoms with Gasteiger partial charge in [-0.2, -0.15) is 0 Å². The van der Waals surface area contributed by atoms with E-state index in [1.807, 2.05) is 24.3 Å². The van der Waals surface area contributed by atoms with Gasteiger partial charge in [-0.05, 0) is 0 Å². The standard InChI is InChI=1S/C10H12O3Se/c1-14(13)9-5-2-8(3-6-9)4-7-10(11)12/h2-3,5-6H,4,7H2,1H3,(H,11,12). The van der Waals surface area contributed by atoms with Gasteiger partial charge in [0.1, 0.15) is 0 Å². The Morgan fingerprint density at radius 1 is 1.36 bits per heavy atom. The molecule has 0 aliphatic carbocycles. The van der Waals surface area contributed by atoms with Gasteiger partial charge in [0.15, 0.2) is 0 Å². The molecule has 3 nitrogen and oxygen atoms in total. The molecule has 1 unspecified atom stereocenters.